The summed E-state index contributed by atoms with van der Waals surface area (Å²) in [6.45, 7) is 1.33. The molecule has 5 rings (SSSR count). The van der Waals surface area contributed by atoms with Crippen LogP contribution in [0, 0.1) is 5.92 Å². The molecule has 1 aliphatic heterocycles. The van der Waals surface area contributed by atoms with Crippen LogP contribution in [0.1, 0.15) is 50.5 Å². The fourth-order valence-corrected chi connectivity index (χ4v) is 7.05. The predicted molar refractivity (Wildman–Crippen MR) is 149 cm³/mol. The van der Waals surface area contributed by atoms with Gasteiger partial charge in [-0.25, -0.2) is 9.78 Å². The third-order valence-electron chi connectivity index (χ3n) is 9.07. The molecule has 1 N–H and O–H groups in total. The second kappa shape index (κ2) is 10.9. The maximum Gasteiger partial charge on any atom is 0.321 e. The molecule has 38 heavy (non-hydrogen) atoms. The van der Waals surface area contributed by atoms with Crippen LogP contribution in [0.25, 0.3) is 0 Å². The van der Waals surface area contributed by atoms with Crippen LogP contribution in [0.4, 0.5) is 10.6 Å². The van der Waals surface area contributed by atoms with Gasteiger partial charge in [0, 0.05) is 37.0 Å². The van der Waals surface area contributed by atoms with Gasteiger partial charge in [-0.1, -0.05) is 36.8 Å². The molecule has 3 fully saturated rings. The molecule has 1 atom stereocenters. The van der Waals surface area contributed by atoms with E-state index in [1.54, 1.807) is 23.3 Å². The lowest BCUT2D eigenvalue weighted by Crippen LogP contribution is -2.56. The molecule has 1 saturated heterocycles. The van der Waals surface area contributed by atoms with Gasteiger partial charge in [0.1, 0.15) is 18.6 Å². The fraction of sp³-hybridized carbons (Fsp3) is 0.552. The molecular weight excluding hydrogens is 498 g/mol. The SMILES string of the molecule is CN(C)[C@]1(c2ccccc2)CC[C@]2(CC1)CN(CC(=O)Nc1cc([S+](C)[O-])ccn1)C(=O)N2CC1CCC1. The van der Waals surface area contributed by atoms with Crippen LogP contribution in [0.3, 0.4) is 0 Å². The zero-order valence-corrected chi connectivity index (χ0v) is 23.5. The van der Waals surface area contributed by atoms with E-state index in [-0.39, 0.29) is 29.6 Å². The third kappa shape index (κ3) is 5.16. The minimum absolute atomic E-state index is 0.0135. The Morgan fingerprint density at radius 2 is 1.87 bits per heavy atom. The van der Waals surface area contributed by atoms with Gasteiger partial charge >= 0.3 is 6.03 Å². The van der Waals surface area contributed by atoms with E-state index < -0.39 is 11.2 Å². The van der Waals surface area contributed by atoms with Gasteiger partial charge in [-0.2, -0.15) is 0 Å². The highest BCUT2D eigenvalue weighted by atomic mass is 32.2. The smallest absolute Gasteiger partial charge is 0.321 e. The molecule has 3 amide bonds. The highest BCUT2D eigenvalue weighted by molar-refractivity contribution is 7.90. The first kappa shape index (κ1) is 27.0. The van der Waals surface area contributed by atoms with Crippen molar-refractivity contribution in [1.29, 1.82) is 0 Å². The number of amides is 3. The number of benzene rings is 1. The maximum absolute atomic E-state index is 13.8. The van der Waals surface area contributed by atoms with Crippen molar-refractivity contribution in [3.63, 3.8) is 0 Å². The monoisotopic (exact) mass is 537 g/mol. The van der Waals surface area contributed by atoms with Crippen molar-refractivity contribution in [3.8, 4) is 0 Å². The van der Waals surface area contributed by atoms with Crippen LogP contribution in [0.2, 0.25) is 0 Å². The van der Waals surface area contributed by atoms with Crippen molar-refractivity contribution in [1.82, 2.24) is 19.7 Å². The summed E-state index contributed by atoms with van der Waals surface area (Å²) in [6, 6.07) is 14.0. The molecule has 2 aromatic rings. The second-order valence-electron chi connectivity index (χ2n) is 11.4. The molecule has 1 aromatic heterocycles. The van der Waals surface area contributed by atoms with E-state index in [1.807, 2.05) is 0 Å². The Morgan fingerprint density at radius 1 is 1.16 bits per heavy atom. The molecule has 3 aliphatic rings. The molecule has 1 spiro atoms. The number of rotatable bonds is 8. The average Bonchev–Trinajstić information content (AvgIpc) is 3.12. The summed E-state index contributed by atoms with van der Waals surface area (Å²) >= 11 is -1.17. The van der Waals surface area contributed by atoms with Crippen LogP contribution in [0.15, 0.2) is 53.6 Å². The Morgan fingerprint density at radius 3 is 2.47 bits per heavy atom. The molecule has 9 heteroatoms. The van der Waals surface area contributed by atoms with Crippen molar-refractivity contribution in [2.45, 2.75) is 60.9 Å². The summed E-state index contributed by atoms with van der Waals surface area (Å²) < 4.78 is 11.8. The minimum Gasteiger partial charge on any atom is -0.612 e. The first-order valence-electron chi connectivity index (χ1n) is 13.6. The first-order valence-corrected chi connectivity index (χ1v) is 15.2. The Kier molecular flexibility index (Phi) is 7.71. The normalized spacial score (nSPS) is 26.6. The van der Waals surface area contributed by atoms with Crippen LogP contribution in [-0.2, 0) is 21.5 Å². The zero-order chi connectivity index (χ0) is 26.9. The summed E-state index contributed by atoms with van der Waals surface area (Å²) in [5, 5.41) is 2.80. The molecular formula is C29H39N5O3S. The van der Waals surface area contributed by atoms with Crippen LogP contribution in [-0.4, -0.2) is 81.7 Å². The van der Waals surface area contributed by atoms with Gasteiger partial charge < -0.3 is 19.7 Å². The number of anilines is 1. The number of nitrogens with zero attached hydrogens (tertiary/aromatic N) is 4. The number of aromatic nitrogens is 1. The number of hydrogen-bond donors (Lipinski definition) is 1. The van der Waals surface area contributed by atoms with Crippen LogP contribution < -0.4 is 5.32 Å². The van der Waals surface area contributed by atoms with Crippen molar-refractivity contribution in [2.75, 3.05) is 45.3 Å². The second-order valence-corrected chi connectivity index (χ2v) is 12.8. The number of carbonyl (C=O) groups excluding carboxylic acids is 2. The quantitative estimate of drug-likeness (QED) is 0.513. The lowest BCUT2D eigenvalue weighted by Gasteiger charge is -2.51. The van der Waals surface area contributed by atoms with E-state index in [1.165, 1.54) is 31.0 Å². The average molecular weight is 538 g/mol. The zero-order valence-electron chi connectivity index (χ0n) is 22.7. The molecule has 204 valence electrons. The van der Waals surface area contributed by atoms with Crippen molar-refractivity contribution in [3.05, 3.63) is 54.2 Å². The van der Waals surface area contributed by atoms with E-state index >= 15 is 0 Å². The fourth-order valence-electron chi connectivity index (χ4n) is 6.52. The van der Waals surface area contributed by atoms with Gasteiger partial charge in [-0.3, -0.25) is 9.69 Å². The molecule has 2 aliphatic carbocycles. The summed E-state index contributed by atoms with van der Waals surface area (Å²) in [7, 11) is 4.31. The van der Waals surface area contributed by atoms with Crippen molar-refractivity contribution >= 4 is 28.9 Å². The summed E-state index contributed by atoms with van der Waals surface area (Å²) in [6.07, 6.45) is 10.4. The number of pyridine rings is 1. The highest BCUT2D eigenvalue weighted by Crippen LogP contribution is 2.49. The first-order chi connectivity index (χ1) is 18.2. The molecule has 1 unspecified atom stereocenters. The van der Waals surface area contributed by atoms with E-state index in [9.17, 15) is 14.1 Å². The lowest BCUT2D eigenvalue weighted by atomic mass is 9.68. The molecule has 2 saturated carbocycles. The van der Waals surface area contributed by atoms with Crippen LogP contribution in [0.5, 0.6) is 0 Å². The van der Waals surface area contributed by atoms with Gasteiger partial charge in [0.05, 0.1) is 5.54 Å². The van der Waals surface area contributed by atoms with Gasteiger partial charge in [0.2, 0.25) is 5.91 Å². The Hall–Kier alpha value is -2.62. The molecule has 2 heterocycles. The van der Waals surface area contributed by atoms with Gasteiger partial charge in [0.25, 0.3) is 0 Å². The largest absolute Gasteiger partial charge is 0.612 e. The molecule has 8 nitrogen and oxygen atoms in total. The topological polar surface area (TPSA) is 91.8 Å². The van der Waals surface area contributed by atoms with Gasteiger partial charge in [0.15, 0.2) is 4.90 Å². The molecule has 0 radical (unpaired) electrons. The summed E-state index contributed by atoms with van der Waals surface area (Å²) in [5.41, 5.74) is 1.02. The standard InChI is InChI=1S/C29H39N5O3S/c1-32(2)29(23-10-5-4-6-11-23)15-13-28(14-16-29)21-33(27(36)34(28)19-22-8-7-9-22)20-26(35)31-25-18-24(38(3)37)12-17-30-25/h4-6,10-12,17-18,22H,7-9,13-16,19-21H2,1-3H3,(H,30,31,35)/t28-,29+,38?. The minimum atomic E-state index is -1.17. The Balaban J connectivity index is 1.33. The number of carbonyl (C=O) groups is 2. The van der Waals surface area contributed by atoms with Crippen molar-refractivity contribution in [2.24, 2.45) is 5.92 Å². The maximum atomic E-state index is 13.8. The number of hydrogen-bond acceptors (Lipinski definition) is 5. The van der Waals surface area contributed by atoms with E-state index in [4.69, 9.17) is 0 Å². The van der Waals surface area contributed by atoms with E-state index in [0.717, 1.165) is 32.2 Å². The predicted octanol–water partition coefficient (Wildman–Crippen LogP) is 4.07. The summed E-state index contributed by atoms with van der Waals surface area (Å²) in [4.78, 5) is 37.7. The Labute approximate surface area is 229 Å². The Bertz CT molecular complexity index is 1150. The molecule has 1 aromatic carbocycles. The van der Waals surface area contributed by atoms with Gasteiger partial charge in [-0.05, 0) is 75.3 Å². The molecule has 0 bridgehead atoms. The van der Waals surface area contributed by atoms with Crippen LogP contribution >= 0.6 is 0 Å². The van der Waals surface area contributed by atoms with Crippen molar-refractivity contribution < 1.29 is 14.1 Å². The third-order valence-corrected chi connectivity index (χ3v) is 9.98. The number of urea groups is 1. The number of nitrogens with one attached hydrogen (secondary N) is 1. The van der Waals surface area contributed by atoms with E-state index in [0.29, 0.717) is 23.2 Å². The summed E-state index contributed by atoms with van der Waals surface area (Å²) in [5.74, 6) is 0.626. The van der Waals surface area contributed by atoms with Gasteiger partial charge in [-0.15, -0.1) is 0 Å². The highest BCUT2D eigenvalue weighted by Gasteiger charge is 2.55. The van der Waals surface area contributed by atoms with E-state index in [2.05, 4.69) is 64.5 Å². The lowest BCUT2D eigenvalue weighted by molar-refractivity contribution is -0.116.